The molecule has 0 saturated carbocycles. The standard InChI is InChI=1S/C25H25B3F3N5O3/c1-34(12-14-5-4-6-15(18(14)29)19(30)31)20-16-11-17(22(37)35(2)21(16)33-13-32-20)24(39-3)7-9-36(10-8-24)23(38)25(26,27)28/h4-6,11,13,19H,7-10,12H2,1-3H3. The van der Waals surface area contributed by atoms with Gasteiger partial charge in [0.05, 0.1) is 40.1 Å². The van der Waals surface area contributed by atoms with Crippen LogP contribution >= 0.6 is 0 Å². The molecular formula is C25H25B3F3N5O3. The van der Waals surface area contributed by atoms with E-state index < -0.39 is 34.4 Å². The molecule has 1 saturated heterocycles. The number of ether oxygens (including phenoxy) is 1. The van der Waals surface area contributed by atoms with E-state index in [1.807, 2.05) is 0 Å². The topological polar surface area (TPSA) is 80.6 Å². The van der Waals surface area contributed by atoms with E-state index in [-0.39, 0.29) is 43.6 Å². The molecule has 0 unspecified atom stereocenters. The highest BCUT2D eigenvalue weighted by Gasteiger charge is 2.41. The predicted octanol–water partition coefficient (Wildman–Crippen LogP) is 2.08. The van der Waals surface area contributed by atoms with Crippen LogP contribution in [-0.4, -0.2) is 76.1 Å². The number of pyridine rings is 1. The molecule has 1 aliphatic heterocycles. The first-order valence-electron chi connectivity index (χ1n) is 12.1. The van der Waals surface area contributed by atoms with Crippen LogP contribution in [0.2, 0.25) is 5.11 Å². The van der Waals surface area contributed by atoms with E-state index in [1.54, 1.807) is 25.1 Å². The quantitative estimate of drug-likeness (QED) is 0.434. The molecule has 0 atom stereocenters. The number of likely N-dealkylation sites (tertiary alicyclic amines) is 1. The third-order valence-electron chi connectivity index (χ3n) is 7.21. The molecule has 8 nitrogen and oxygen atoms in total. The zero-order valence-corrected chi connectivity index (χ0v) is 21.8. The lowest BCUT2D eigenvalue weighted by molar-refractivity contribution is -0.136. The lowest BCUT2D eigenvalue weighted by atomic mass is 9.42. The van der Waals surface area contributed by atoms with Gasteiger partial charge >= 0.3 is 0 Å². The average Bonchev–Trinajstić information content (AvgIpc) is 2.90. The van der Waals surface area contributed by atoms with Crippen molar-refractivity contribution in [1.29, 1.82) is 0 Å². The number of alkyl halides is 2. The highest BCUT2D eigenvalue weighted by atomic mass is 19.3. The van der Waals surface area contributed by atoms with E-state index in [4.69, 9.17) is 28.3 Å². The van der Waals surface area contributed by atoms with E-state index in [1.165, 1.54) is 35.0 Å². The van der Waals surface area contributed by atoms with E-state index in [0.29, 0.717) is 22.4 Å². The van der Waals surface area contributed by atoms with Gasteiger partial charge in [-0.15, -0.1) is 0 Å². The molecule has 4 rings (SSSR count). The summed E-state index contributed by atoms with van der Waals surface area (Å²) in [7, 11) is 21.4. The molecule has 14 heteroatoms. The minimum absolute atomic E-state index is 0.0632. The van der Waals surface area contributed by atoms with E-state index in [2.05, 4.69) is 9.97 Å². The van der Waals surface area contributed by atoms with Crippen molar-refractivity contribution < 1.29 is 22.7 Å². The molecule has 0 bridgehead atoms. The third-order valence-corrected chi connectivity index (χ3v) is 7.21. The van der Waals surface area contributed by atoms with Crippen molar-refractivity contribution in [3.8, 4) is 0 Å². The fraction of sp³-hybridized carbons (Fsp3) is 0.440. The largest absolute Gasteiger partial charge is 0.373 e. The number of hydrogen-bond acceptors (Lipinski definition) is 6. The van der Waals surface area contributed by atoms with Crippen LogP contribution < -0.4 is 10.5 Å². The lowest BCUT2D eigenvalue weighted by Gasteiger charge is -2.43. The number of methoxy groups -OCH3 is 1. The highest BCUT2D eigenvalue weighted by molar-refractivity contribution is 6.68. The second kappa shape index (κ2) is 10.7. The SMILES string of the molecule is [B]C([B])([B])C(=O)N1CCC(OC)(c2cc3c(N(C)Cc4cccc(C(F)F)c4F)ncnc3n(C)c2=O)CC1. The van der Waals surface area contributed by atoms with Crippen molar-refractivity contribution in [3.63, 3.8) is 0 Å². The van der Waals surface area contributed by atoms with Gasteiger partial charge in [-0.1, -0.05) is 23.3 Å². The highest BCUT2D eigenvalue weighted by Crippen LogP contribution is 2.37. The number of benzene rings is 1. The van der Waals surface area contributed by atoms with Gasteiger partial charge in [-0.05, 0) is 18.9 Å². The van der Waals surface area contributed by atoms with Crippen LogP contribution in [0.25, 0.3) is 11.0 Å². The molecule has 0 aliphatic carbocycles. The summed E-state index contributed by atoms with van der Waals surface area (Å²) < 4.78 is 48.4. The number of aryl methyl sites for hydroxylation is 1. The maximum Gasteiger partial charge on any atom is 0.266 e. The van der Waals surface area contributed by atoms with Crippen molar-refractivity contribution in [3.05, 3.63) is 63.5 Å². The van der Waals surface area contributed by atoms with Crippen LogP contribution in [0.1, 0.15) is 36.0 Å². The Hall–Kier alpha value is -3.28. The Morgan fingerprint density at radius 2 is 1.90 bits per heavy atom. The van der Waals surface area contributed by atoms with Crippen molar-refractivity contribution in [2.45, 2.75) is 36.5 Å². The van der Waals surface area contributed by atoms with Gasteiger partial charge in [-0.25, -0.2) is 23.1 Å². The zero-order valence-electron chi connectivity index (χ0n) is 21.8. The molecule has 2 aromatic heterocycles. The number of fused-ring (bicyclic) bond motifs is 1. The summed E-state index contributed by atoms with van der Waals surface area (Å²) in [5.74, 6) is -1.25. The molecule has 1 aliphatic rings. The number of nitrogens with zero attached hydrogens (tertiary/aromatic N) is 5. The molecule has 3 aromatic rings. The minimum Gasteiger partial charge on any atom is -0.373 e. The van der Waals surface area contributed by atoms with Gasteiger partial charge in [0.2, 0.25) is 5.91 Å². The zero-order chi connectivity index (χ0) is 28.7. The van der Waals surface area contributed by atoms with Crippen LogP contribution in [0, 0.1) is 5.82 Å². The maximum atomic E-state index is 14.7. The summed E-state index contributed by atoms with van der Waals surface area (Å²) in [6.07, 6.45) is -1.16. The summed E-state index contributed by atoms with van der Waals surface area (Å²) in [5, 5.41) is -1.54. The molecule has 0 N–H and O–H groups in total. The van der Waals surface area contributed by atoms with Crippen molar-refractivity contribution in [2.75, 3.05) is 32.1 Å². The second-order valence-corrected chi connectivity index (χ2v) is 9.76. The molecular weight excluding hydrogens is 508 g/mol. The van der Waals surface area contributed by atoms with Gasteiger partial charge in [-0.2, -0.15) is 0 Å². The van der Waals surface area contributed by atoms with E-state index >= 15 is 0 Å². The predicted molar refractivity (Wildman–Crippen MR) is 143 cm³/mol. The van der Waals surface area contributed by atoms with Crippen LogP contribution in [-0.2, 0) is 28.7 Å². The number of amides is 1. The fourth-order valence-electron chi connectivity index (χ4n) is 5.04. The molecule has 1 aromatic carbocycles. The Labute approximate surface area is 227 Å². The first-order valence-corrected chi connectivity index (χ1v) is 12.1. The molecule has 3 heterocycles. The minimum atomic E-state index is -2.95. The number of rotatable bonds is 7. The van der Waals surface area contributed by atoms with Gasteiger partial charge in [0.15, 0.2) is 0 Å². The van der Waals surface area contributed by atoms with Gasteiger partial charge in [0, 0.05) is 46.4 Å². The Kier molecular flexibility index (Phi) is 7.89. The number of carbonyl (C=O) groups is 1. The molecule has 198 valence electrons. The molecule has 6 radical (unpaired) electrons. The number of aromatic nitrogens is 3. The van der Waals surface area contributed by atoms with Gasteiger partial charge in [0.25, 0.3) is 12.0 Å². The Morgan fingerprint density at radius 3 is 2.49 bits per heavy atom. The second-order valence-electron chi connectivity index (χ2n) is 9.76. The lowest BCUT2D eigenvalue weighted by Crippen LogP contribution is -2.51. The normalized spacial score (nSPS) is 15.6. The van der Waals surface area contributed by atoms with Crippen LogP contribution in [0.15, 0.2) is 35.4 Å². The van der Waals surface area contributed by atoms with Gasteiger partial charge in [-0.3, -0.25) is 14.2 Å². The number of carbonyl (C=O) groups excluding carboxylic acids is 1. The maximum absolute atomic E-state index is 14.7. The first kappa shape index (κ1) is 28.7. The molecule has 39 heavy (non-hydrogen) atoms. The van der Waals surface area contributed by atoms with Crippen LogP contribution in [0.5, 0.6) is 0 Å². The number of halogens is 3. The summed E-state index contributed by atoms with van der Waals surface area (Å²) in [4.78, 5) is 37.6. The van der Waals surface area contributed by atoms with E-state index in [9.17, 15) is 22.8 Å². The Balaban J connectivity index is 1.74. The molecule has 0 spiro atoms. The third kappa shape index (κ3) is 5.31. The first-order chi connectivity index (χ1) is 18.3. The van der Waals surface area contributed by atoms with Gasteiger partial charge in [0.1, 0.15) is 29.2 Å². The number of hydrogen-bond donors (Lipinski definition) is 0. The summed E-state index contributed by atoms with van der Waals surface area (Å²) in [6, 6.07) is 5.48. The average molecular weight is 533 g/mol. The number of piperidine rings is 1. The van der Waals surface area contributed by atoms with E-state index in [0.717, 1.165) is 6.07 Å². The van der Waals surface area contributed by atoms with Gasteiger partial charge < -0.3 is 14.5 Å². The monoisotopic (exact) mass is 533 g/mol. The number of anilines is 1. The summed E-state index contributed by atoms with van der Waals surface area (Å²) in [5.41, 5.74) is -1.38. The summed E-state index contributed by atoms with van der Waals surface area (Å²) >= 11 is 0. The fourth-order valence-corrected chi connectivity index (χ4v) is 5.04. The Morgan fingerprint density at radius 1 is 1.23 bits per heavy atom. The molecule has 1 fully saturated rings. The summed E-state index contributed by atoms with van der Waals surface area (Å²) in [6.45, 7) is 0.320. The van der Waals surface area contributed by atoms with Crippen LogP contribution in [0.4, 0.5) is 19.0 Å². The van der Waals surface area contributed by atoms with Crippen LogP contribution in [0.3, 0.4) is 0 Å². The smallest absolute Gasteiger partial charge is 0.266 e. The van der Waals surface area contributed by atoms with Crippen molar-refractivity contribution in [2.24, 2.45) is 7.05 Å². The molecule has 1 amide bonds. The van der Waals surface area contributed by atoms with Crippen molar-refractivity contribution in [1.82, 2.24) is 19.4 Å². The Bertz CT molecular complexity index is 1460. The van der Waals surface area contributed by atoms with Crippen molar-refractivity contribution >= 4 is 46.3 Å².